The summed E-state index contributed by atoms with van der Waals surface area (Å²) in [6.07, 6.45) is 2.77. The summed E-state index contributed by atoms with van der Waals surface area (Å²) < 4.78 is 5.53. The van der Waals surface area contributed by atoms with Crippen LogP contribution in [0.1, 0.15) is 19.4 Å². The van der Waals surface area contributed by atoms with Crippen molar-refractivity contribution < 1.29 is 4.74 Å². The van der Waals surface area contributed by atoms with Crippen molar-refractivity contribution >= 4 is 5.95 Å². The molecule has 0 spiro atoms. The Bertz CT molecular complexity index is 500. The van der Waals surface area contributed by atoms with Gasteiger partial charge >= 0.3 is 0 Å². The van der Waals surface area contributed by atoms with Crippen LogP contribution < -0.4 is 10.1 Å². The Morgan fingerprint density at radius 1 is 1.16 bits per heavy atom. The largest absolute Gasteiger partial charge is 0.475 e. The van der Waals surface area contributed by atoms with Crippen LogP contribution in [0.4, 0.5) is 5.95 Å². The van der Waals surface area contributed by atoms with E-state index in [0.29, 0.717) is 11.8 Å². The van der Waals surface area contributed by atoms with E-state index >= 15 is 0 Å². The van der Waals surface area contributed by atoms with Gasteiger partial charge in [0.15, 0.2) is 0 Å². The predicted octanol–water partition coefficient (Wildman–Crippen LogP) is 2.92. The molecule has 1 N–H and O–H groups in total. The van der Waals surface area contributed by atoms with Crippen molar-refractivity contribution in [1.82, 2.24) is 9.97 Å². The van der Waals surface area contributed by atoms with Gasteiger partial charge in [0.1, 0.15) is 0 Å². The Balaban J connectivity index is 1.86. The fourth-order valence-corrected chi connectivity index (χ4v) is 1.70. The molecule has 1 heterocycles. The first kappa shape index (κ1) is 13.3. The molecule has 0 fully saturated rings. The molecule has 0 saturated heterocycles. The predicted molar refractivity (Wildman–Crippen MR) is 76.4 cm³/mol. The summed E-state index contributed by atoms with van der Waals surface area (Å²) in [5.74, 6) is 1.21. The fraction of sp³-hybridized carbons (Fsp3) is 0.333. The first-order valence-electron chi connectivity index (χ1n) is 6.51. The molecule has 0 radical (unpaired) electrons. The molecule has 0 aliphatic heterocycles. The average molecular weight is 257 g/mol. The molecule has 4 nitrogen and oxygen atoms in total. The highest BCUT2D eigenvalue weighted by atomic mass is 16.5. The molecule has 0 unspecified atom stereocenters. The first-order chi connectivity index (χ1) is 9.24. The van der Waals surface area contributed by atoms with Crippen LogP contribution in [0.15, 0.2) is 42.6 Å². The molecule has 0 aliphatic rings. The van der Waals surface area contributed by atoms with Gasteiger partial charge in [0.05, 0.1) is 6.10 Å². The van der Waals surface area contributed by atoms with Crippen LogP contribution in [0.5, 0.6) is 5.88 Å². The normalized spacial score (nSPS) is 10.5. The fourth-order valence-electron chi connectivity index (χ4n) is 1.70. The van der Waals surface area contributed by atoms with Gasteiger partial charge in [-0.15, -0.1) is 0 Å². The van der Waals surface area contributed by atoms with E-state index in [2.05, 4.69) is 27.4 Å². The number of anilines is 1. The van der Waals surface area contributed by atoms with Gasteiger partial charge in [0.2, 0.25) is 11.8 Å². The summed E-state index contributed by atoms with van der Waals surface area (Å²) in [5.41, 5.74) is 1.30. The van der Waals surface area contributed by atoms with Crippen LogP contribution in [0.3, 0.4) is 0 Å². The molecule has 0 atom stereocenters. The smallest absolute Gasteiger partial charge is 0.225 e. The third kappa shape index (κ3) is 4.58. The summed E-state index contributed by atoms with van der Waals surface area (Å²) in [5, 5.41) is 3.20. The first-order valence-corrected chi connectivity index (χ1v) is 6.51. The van der Waals surface area contributed by atoms with Crippen LogP contribution >= 0.6 is 0 Å². The van der Waals surface area contributed by atoms with Gasteiger partial charge in [-0.1, -0.05) is 30.3 Å². The maximum atomic E-state index is 5.53. The summed E-state index contributed by atoms with van der Waals surface area (Å²) in [6.45, 7) is 4.75. The molecule has 2 aromatic rings. The summed E-state index contributed by atoms with van der Waals surface area (Å²) in [4.78, 5) is 8.48. The number of hydrogen-bond donors (Lipinski definition) is 1. The molecule has 4 heteroatoms. The third-order valence-corrected chi connectivity index (χ3v) is 2.53. The SMILES string of the molecule is CC(C)Oc1ccnc(NCCc2ccccc2)n1. The summed E-state index contributed by atoms with van der Waals surface area (Å²) in [6, 6.07) is 12.1. The molecular formula is C15H19N3O. The number of aromatic nitrogens is 2. The molecule has 0 saturated carbocycles. The minimum atomic E-state index is 0.118. The Labute approximate surface area is 113 Å². The van der Waals surface area contributed by atoms with Crippen molar-refractivity contribution in [3.63, 3.8) is 0 Å². The lowest BCUT2D eigenvalue weighted by atomic mass is 10.1. The maximum absolute atomic E-state index is 5.53. The number of nitrogens with one attached hydrogen (secondary N) is 1. The second kappa shape index (κ2) is 6.73. The van der Waals surface area contributed by atoms with Gasteiger partial charge in [-0.25, -0.2) is 4.98 Å². The van der Waals surface area contributed by atoms with Crippen LogP contribution in [-0.2, 0) is 6.42 Å². The number of hydrogen-bond acceptors (Lipinski definition) is 4. The van der Waals surface area contributed by atoms with E-state index in [1.165, 1.54) is 5.56 Å². The number of rotatable bonds is 6. The summed E-state index contributed by atoms with van der Waals surface area (Å²) >= 11 is 0. The molecule has 1 aromatic carbocycles. The zero-order valence-corrected chi connectivity index (χ0v) is 11.3. The average Bonchev–Trinajstić information content (AvgIpc) is 2.40. The van der Waals surface area contributed by atoms with Gasteiger partial charge < -0.3 is 10.1 Å². The maximum Gasteiger partial charge on any atom is 0.225 e. The number of ether oxygens (including phenoxy) is 1. The standard InChI is InChI=1S/C15H19N3O/c1-12(2)19-14-9-11-17-15(18-14)16-10-8-13-6-4-3-5-7-13/h3-7,9,11-12H,8,10H2,1-2H3,(H,16,17,18). The Kier molecular flexibility index (Phi) is 4.72. The molecule has 1 aromatic heterocycles. The van der Waals surface area contributed by atoms with Gasteiger partial charge in [0, 0.05) is 18.8 Å². The Hall–Kier alpha value is -2.10. The van der Waals surface area contributed by atoms with Crippen LogP contribution in [0.25, 0.3) is 0 Å². The zero-order chi connectivity index (χ0) is 13.5. The highest BCUT2D eigenvalue weighted by molar-refractivity contribution is 5.28. The number of benzene rings is 1. The van der Waals surface area contributed by atoms with E-state index < -0.39 is 0 Å². The molecule has 0 amide bonds. The minimum Gasteiger partial charge on any atom is -0.475 e. The van der Waals surface area contributed by atoms with Crippen molar-refractivity contribution in [3.05, 3.63) is 48.2 Å². The van der Waals surface area contributed by atoms with Crippen molar-refractivity contribution in [1.29, 1.82) is 0 Å². The molecule has 100 valence electrons. The molecule has 0 bridgehead atoms. The van der Waals surface area contributed by atoms with Gasteiger partial charge in [-0.3, -0.25) is 0 Å². The van der Waals surface area contributed by atoms with Crippen molar-refractivity contribution in [3.8, 4) is 5.88 Å². The van der Waals surface area contributed by atoms with Crippen LogP contribution in [0, 0.1) is 0 Å². The molecule has 19 heavy (non-hydrogen) atoms. The van der Waals surface area contributed by atoms with Gasteiger partial charge in [-0.2, -0.15) is 4.98 Å². The topological polar surface area (TPSA) is 47.0 Å². The van der Waals surface area contributed by atoms with Gasteiger partial charge in [-0.05, 0) is 25.8 Å². The minimum absolute atomic E-state index is 0.118. The quantitative estimate of drug-likeness (QED) is 0.864. The second-order valence-corrected chi connectivity index (χ2v) is 4.55. The highest BCUT2D eigenvalue weighted by Crippen LogP contribution is 2.10. The van der Waals surface area contributed by atoms with Crippen molar-refractivity contribution in [2.24, 2.45) is 0 Å². The lowest BCUT2D eigenvalue weighted by Crippen LogP contribution is -2.11. The lowest BCUT2D eigenvalue weighted by molar-refractivity contribution is 0.232. The number of nitrogens with zero attached hydrogens (tertiary/aromatic N) is 2. The van der Waals surface area contributed by atoms with E-state index in [4.69, 9.17) is 4.74 Å². The third-order valence-electron chi connectivity index (χ3n) is 2.53. The zero-order valence-electron chi connectivity index (χ0n) is 11.3. The molecule has 2 rings (SSSR count). The van der Waals surface area contributed by atoms with Gasteiger partial charge in [0.25, 0.3) is 0 Å². The van der Waals surface area contributed by atoms with E-state index in [0.717, 1.165) is 13.0 Å². The van der Waals surface area contributed by atoms with Crippen LogP contribution in [0.2, 0.25) is 0 Å². The Morgan fingerprint density at radius 3 is 2.68 bits per heavy atom. The van der Waals surface area contributed by atoms with E-state index in [9.17, 15) is 0 Å². The van der Waals surface area contributed by atoms with Crippen molar-refractivity contribution in [2.45, 2.75) is 26.4 Å². The molecule has 0 aliphatic carbocycles. The summed E-state index contributed by atoms with van der Waals surface area (Å²) in [7, 11) is 0. The lowest BCUT2D eigenvalue weighted by Gasteiger charge is -2.10. The van der Waals surface area contributed by atoms with E-state index in [-0.39, 0.29) is 6.10 Å². The Morgan fingerprint density at radius 2 is 1.95 bits per heavy atom. The highest BCUT2D eigenvalue weighted by Gasteiger charge is 2.01. The van der Waals surface area contributed by atoms with Crippen LogP contribution in [-0.4, -0.2) is 22.6 Å². The van der Waals surface area contributed by atoms with E-state index in [1.54, 1.807) is 12.3 Å². The molecular weight excluding hydrogens is 238 g/mol. The van der Waals surface area contributed by atoms with E-state index in [1.807, 2.05) is 32.0 Å². The second-order valence-electron chi connectivity index (χ2n) is 4.55. The monoisotopic (exact) mass is 257 g/mol. The van der Waals surface area contributed by atoms with Crippen molar-refractivity contribution in [2.75, 3.05) is 11.9 Å².